The van der Waals surface area contributed by atoms with E-state index in [-0.39, 0.29) is 0 Å². The molecule has 1 heterocycles. The Hall–Kier alpha value is -2.45. The number of hydrogen-bond acceptors (Lipinski definition) is 2. The van der Waals surface area contributed by atoms with Crippen LogP contribution in [0.1, 0.15) is 50.7 Å². The molecule has 4 rings (SSSR count). The summed E-state index contributed by atoms with van der Waals surface area (Å²) in [4.78, 5) is 2.19. The van der Waals surface area contributed by atoms with Crippen LogP contribution in [0.2, 0.25) is 0 Å². The monoisotopic (exact) mass is 397 g/mol. The maximum absolute atomic E-state index is 3.46. The SMILES string of the molecule is CC(C)c1cc(C(C)C)c(-c2ccccc2)c(N2[C]SC=C2)c1-c1ccccc1. The summed E-state index contributed by atoms with van der Waals surface area (Å²) in [5.74, 6) is 4.31. The van der Waals surface area contributed by atoms with Gasteiger partial charge in [0.25, 0.3) is 0 Å². The fourth-order valence-electron chi connectivity index (χ4n) is 4.01. The summed E-state index contributed by atoms with van der Waals surface area (Å²) in [5.41, 5.74) is 9.14. The predicted octanol–water partition coefficient (Wildman–Crippen LogP) is 8.29. The van der Waals surface area contributed by atoms with Gasteiger partial charge in [-0.3, -0.25) is 0 Å². The van der Waals surface area contributed by atoms with Gasteiger partial charge < -0.3 is 4.90 Å². The third-order valence-electron chi connectivity index (χ3n) is 5.40. The highest BCUT2D eigenvalue weighted by Gasteiger charge is 2.27. The molecule has 0 saturated carbocycles. The van der Waals surface area contributed by atoms with Crippen molar-refractivity contribution in [3.63, 3.8) is 0 Å². The second-order valence-electron chi connectivity index (χ2n) is 8.06. The zero-order chi connectivity index (χ0) is 20.4. The summed E-state index contributed by atoms with van der Waals surface area (Å²) in [7, 11) is 0. The summed E-state index contributed by atoms with van der Waals surface area (Å²) in [6.45, 7) is 9.17. The van der Waals surface area contributed by atoms with Gasteiger partial charge in [0.2, 0.25) is 0 Å². The van der Waals surface area contributed by atoms with Gasteiger partial charge in [0.05, 0.1) is 5.69 Å². The fraction of sp³-hybridized carbons (Fsp3) is 0.222. The molecule has 0 spiro atoms. The van der Waals surface area contributed by atoms with Crippen molar-refractivity contribution in [3.05, 3.63) is 95.3 Å². The smallest absolute Gasteiger partial charge is 0.168 e. The minimum absolute atomic E-state index is 0.422. The fourth-order valence-corrected chi connectivity index (χ4v) is 4.52. The Labute approximate surface area is 179 Å². The molecule has 3 aromatic rings. The van der Waals surface area contributed by atoms with Gasteiger partial charge in [-0.25, -0.2) is 0 Å². The third kappa shape index (κ3) is 3.86. The second kappa shape index (κ2) is 8.51. The lowest BCUT2D eigenvalue weighted by Gasteiger charge is -2.30. The molecule has 0 unspecified atom stereocenters. The van der Waals surface area contributed by atoms with Crippen molar-refractivity contribution in [2.24, 2.45) is 0 Å². The number of rotatable bonds is 5. The zero-order valence-corrected chi connectivity index (χ0v) is 18.3. The topological polar surface area (TPSA) is 3.24 Å². The molecule has 0 amide bonds. The van der Waals surface area contributed by atoms with Crippen molar-refractivity contribution in [3.8, 4) is 22.3 Å². The molecule has 0 fully saturated rings. The predicted molar refractivity (Wildman–Crippen MR) is 128 cm³/mol. The van der Waals surface area contributed by atoms with Crippen LogP contribution >= 0.6 is 11.8 Å². The van der Waals surface area contributed by atoms with Crippen LogP contribution < -0.4 is 4.90 Å². The molecule has 0 saturated heterocycles. The molecule has 1 aliphatic heterocycles. The Bertz CT molecular complexity index is 934. The van der Waals surface area contributed by atoms with Crippen molar-refractivity contribution in [2.75, 3.05) is 4.90 Å². The second-order valence-corrected chi connectivity index (χ2v) is 8.75. The first-order chi connectivity index (χ1) is 14.1. The van der Waals surface area contributed by atoms with E-state index < -0.39 is 0 Å². The summed E-state index contributed by atoms with van der Waals surface area (Å²) in [5, 5.41) is 2.10. The minimum atomic E-state index is 0.422. The highest BCUT2D eigenvalue weighted by molar-refractivity contribution is 8.04. The lowest BCUT2D eigenvalue weighted by molar-refractivity contribution is 0.836. The van der Waals surface area contributed by atoms with Gasteiger partial charge in [0, 0.05) is 17.3 Å². The zero-order valence-electron chi connectivity index (χ0n) is 17.5. The number of thioether (sulfide) groups is 1. The molecule has 146 valence electrons. The average molecular weight is 398 g/mol. The normalized spacial score (nSPS) is 13.7. The van der Waals surface area contributed by atoms with Crippen LogP contribution in [0.25, 0.3) is 22.3 Å². The van der Waals surface area contributed by atoms with E-state index in [1.54, 1.807) is 11.8 Å². The Balaban J connectivity index is 2.15. The number of hydrogen-bond donors (Lipinski definition) is 0. The van der Waals surface area contributed by atoms with E-state index in [1.165, 1.54) is 39.1 Å². The molecule has 0 bridgehead atoms. The van der Waals surface area contributed by atoms with Gasteiger partial charge in [-0.15, -0.1) is 0 Å². The van der Waals surface area contributed by atoms with Crippen molar-refractivity contribution >= 4 is 17.4 Å². The summed E-state index contributed by atoms with van der Waals surface area (Å²) in [6, 6.07) is 24.0. The van der Waals surface area contributed by atoms with E-state index in [9.17, 15) is 0 Å². The van der Waals surface area contributed by atoms with E-state index >= 15 is 0 Å². The highest BCUT2D eigenvalue weighted by atomic mass is 32.2. The number of benzene rings is 3. The minimum Gasteiger partial charge on any atom is -0.325 e. The lowest BCUT2D eigenvalue weighted by Crippen LogP contribution is -2.13. The molecule has 29 heavy (non-hydrogen) atoms. The highest BCUT2D eigenvalue weighted by Crippen LogP contribution is 2.49. The average Bonchev–Trinajstić information content (AvgIpc) is 3.28. The molecule has 2 radical (unpaired) electrons. The molecule has 2 heteroatoms. The molecule has 0 atom stereocenters. The first-order valence-electron chi connectivity index (χ1n) is 10.3. The first-order valence-corrected chi connectivity index (χ1v) is 11.1. The van der Waals surface area contributed by atoms with Gasteiger partial charge in [-0.2, -0.15) is 0 Å². The Morgan fingerprint density at radius 1 is 0.724 bits per heavy atom. The maximum atomic E-state index is 3.46. The summed E-state index contributed by atoms with van der Waals surface area (Å²) < 4.78 is 0. The van der Waals surface area contributed by atoms with Crippen molar-refractivity contribution in [2.45, 2.75) is 39.5 Å². The van der Waals surface area contributed by atoms with Crippen molar-refractivity contribution in [1.29, 1.82) is 0 Å². The summed E-state index contributed by atoms with van der Waals surface area (Å²) >= 11 is 1.61. The molecular formula is C27H27NS. The van der Waals surface area contributed by atoms with Crippen LogP contribution in [0.4, 0.5) is 5.69 Å². The van der Waals surface area contributed by atoms with Crippen LogP contribution in [0, 0.1) is 5.88 Å². The Morgan fingerprint density at radius 3 is 1.59 bits per heavy atom. The van der Waals surface area contributed by atoms with Crippen LogP contribution in [-0.4, -0.2) is 0 Å². The maximum Gasteiger partial charge on any atom is 0.168 e. The summed E-state index contributed by atoms with van der Waals surface area (Å²) in [6.07, 6.45) is 2.13. The number of anilines is 1. The van der Waals surface area contributed by atoms with E-state index in [4.69, 9.17) is 0 Å². The molecule has 1 aliphatic rings. The molecule has 0 N–H and O–H groups in total. The molecule has 1 nitrogen and oxygen atoms in total. The van der Waals surface area contributed by atoms with E-state index in [2.05, 4.69) is 117 Å². The molecular weight excluding hydrogens is 370 g/mol. The van der Waals surface area contributed by atoms with Gasteiger partial charge in [0.15, 0.2) is 5.88 Å². The van der Waals surface area contributed by atoms with Crippen LogP contribution in [-0.2, 0) is 0 Å². The van der Waals surface area contributed by atoms with E-state index in [0.717, 1.165) is 0 Å². The standard InChI is InChI=1S/C27H27NS/c1-19(2)23-17-24(20(3)4)26(22-13-9-6-10-14-22)27(28-15-16-29-18-28)25(23)21-11-7-5-8-12-21/h5-17,19-20H,1-4H3. The molecule has 0 aromatic heterocycles. The largest absolute Gasteiger partial charge is 0.325 e. The van der Waals surface area contributed by atoms with Crippen LogP contribution in [0.3, 0.4) is 0 Å². The lowest BCUT2D eigenvalue weighted by atomic mass is 9.81. The number of nitrogens with zero attached hydrogens (tertiary/aromatic N) is 1. The van der Waals surface area contributed by atoms with Crippen LogP contribution in [0.15, 0.2) is 78.3 Å². The third-order valence-corrected chi connectivity index (χ3v) is 5.96. The van der Waals surface area contributed by atoms with E-state index in [1.807, 2.05) is 0 Å². The van der Waals surface area contributed by atoms with E-state index in [0.29, 0.717) is 11.8 Å². The van der Waals surface area contributed by atoms with Gasteiger partial charge in [-0.1, -0.05) is 106 Å². The van der Waals surface area contributed by atoms with Gasteiger partial charge in [-0.05, 0) is 39.5 Å². The molecule has 3 aromatic carbocycles. The van der Waals surface area contributed by atoms with Gasteiger partial charge >= 0.3 is 0 Å². The first kappa shape index (κ1) is 19.8. The van der Waals surface area contributed by atoms with Crippen molar-refractivity contribution < 1.29 is 0 Å². The van der Waals surface area contributed by atoms with Crippen LogP contribution in [0.5, 0.6) is 0 Å². The Morgan fingerprint density at radius 2 is 1.21 bits per heavy atom. The molecule has 0 aliphatic carbocycles. The quantitative estimate of drug-likeness (QED) is 0.426. The van der Waals surface area contributed by atoms with Gasteiger partial charge in [0.1, 0.15) is 0 Å². The Kier molecular flexibility index (Phi) is 5.82. The van der Waals surface area contributed by atoms with Crippen molar-refractivity contribution in [1.82, 2.24) is 0 Å².